The number of nitrogens with one attached hydrogen (secondary N) is 3. The van der Waals surface area contributed by atoms with E-state index in [1.54, 1.807) is 6.20 Å². The monoisotopic (exact) mass is 512 g/mol. The van der Waals surface area contributed by atoms with E-state index in [1.807, 2.05) is 61.2 Å². The van der Waals surface area contributed by atoms with E-state index in [9.17, 15) is 0 Å². The van der Waals surface area contributed by atoms with Gasteiger partial charge in [0.15, 0.2) is 0 Å². The highest BCUT2D eigenvalue weighted by Gasteiger charge is 2.18. The van der Waals surface area contributed by atoms with Gasteiger partial charge in [0.25, 0.3) is 0 Å². The maximum atomic E-state index is 4.69. The first kappa shape index (κ1) is 23.2. The number of hydrogen-bond acceptors (Lipinski definition) is 6. The van der Waals surface area contributed by atoms with Gasteiger partial charge in [0, 0.05) is 41.3 Å². The summed E-state index contributed by atoms with van der Waals surface area (Å²) < 4.78 is 0. The lowest BCUT2D eigenvalue weighted by Crippen LogP contribution is -2.29. The predicted octanol–water partition coefficient (Wildman–Crippen LogP) is 6.64. The molecule has 0 bridgehead atoms. The van der Waals surface area contributed by atoms with Gasteiger partial charge in [-0.3, -0.25) is 20.1 Å². The largest absolute Gasteiger partial charge is 0.370 e. The average Bonchev–Trinajstić information content (AvgIpc) is 3.62. The summed E-state index contributed by atoms with van der Waals surface area (Å²) in [5.41, 5.74) is 9.30. The zero-order valence-corrected chi connectivity index (χ0v) is 21.5. The van der Waals surface area contributed by atoms with Crippen molar-refractivity contribution in [3.63, 3.8) is 0 Å². The van der Waals surface area contributed by atoms with Gasteiger partial charge in [-0.25, -0.2) is 0 Å². The quantitative estimate of drug-likeness (QED) is 0.232. The molecule has 5 aromatic heterocycles. The molecule has 3 N–H and O–H groups in total. The highest BCUT2D eigenvalue weighted by molar-refractivity contribution is 6.00. The Morgan fingerprint density at radius 1 is 0.846 bits per heavy atom. The van der Waals surface area contributed by atoms with Crippen LogP contribution >= 0.6 is 0 Å². The van der Waals surface area contributed by atoms with Crippen molar-refractivity contribution in [2.45, 2.75) is 19.3 Å². The molecule has 0 atom stereocenters. The normalized spacial score (nSPS) is 13.7. The Morgan fingerprint density at radius 3 is 2.56 bits per heavy atom. The van der Waals surface area contributed by atoms with E-state index < -0.39 is 0 Å². The zero-order chi connectivity index (χ0) is 26.2. The third-order valence-corrected chi connectivity index (χ3v) is 7.38. The number of rotatable bonds is 6. The molecule has 6 heterocycles. The molecular weight excluding hydrogens is 484 g/mol. The standard InChI is InChI=1S/C31H28N8/c1-20(21-8-4-2-5-9-21)35-23-12-22(15-32-16-23)26-14-25-29(18-34-26)37-38-31(25)27-13-24-28(36-27)17-33-19-30(24)39-10-6-3-7-11-39/h2,4-5,8-9,12-19,35-36H,1,3,6-7,10-11H2,(H,37,38). The highest BCUT2D eigenvalue weighted by Crippen LogP contribution is 2.34. The van der Waals surface area contributed by atoms with Gasteiger partial charge in [0.2, 0.25) is 0 Å². The van der Waals surface area contributed by atoms with Crippen LogP contribution in [0.4, 0.5) is 11.4 Å². The molecule has 0 saturated carbocycles. The van der Waals surface area contributed by atoms with Crippen LogP contribution in [0.1, 0.15) is 24.8 Å². The molecule has 1 saturated heterocycles. The molecule has 7 rings (SSSR count). The predicted molar refractivity (Wildman–Crippen MR) is 157 cm³/mol. The molecule has 0 unspecified atom stereocenters. The van der Waals surface area contributed by atoms with Gasteiger partial charge in [-0.2, -0.15) is 5.10 Å². The lowest BCUT2D eigenvalue weighted by Gasteiger charge is -2.28. The molecule has 8 heteroatoms. The smallest absolute Gasteiger partial charge is 0.116 e. The number of piperidine rings is 1. The number of aromatic nitrogens is 6. The van der Waals surface area contributed by atoms with Crippen LogP contribution < -0.4 is 10.2 Å². The van der Waals surface area contributed by atoms with Gasteiger partial charge in [0.05, 0.1) is 58.6 Å². The van der Waals surface area contributed by atoms with Crippen molar-refractivity contribution in [1.82, 2.24) is 30.1 Å². The number of hydrogen-bond donors (Lipinski definition) is 3. The fourth-order valence-electron chi connectivity index (χ4n) is 5.36. The first-order chi connectivity index (χ1) is 19.2. The van der Waals surface area contributed by atoms with Gasteiger partial charge in [-0.15, -0.1) is 0 Å². The van der Waals surface area contributed by atoms with Crippen LogP contribution in [0, 0.1) is 0 Å². The average molecular weight is 513 g/mol. The maximum Gasteiger partial charge on any atom is 0.116 e. The molecule has 0 amide bonds. The van der Waals surface area contributed by atoms with E-state index in [0.29, 0.717) is 0 Å². The second-order valence-electron chi connectivity index (χ2n) is 9.97. The lowest BCUT2D eigenvalue weighted by atomic mass is 10.1. The van der Waals surface area contributed by atoms with E-state index in [4.69, 9.17) is 4.98 Å². The maximum absolute atomic E-state index is 4.69. The molecule has 192 valence electrons. The van der Waals surface area contributed by atoms with Gasteiger partial charge < -0.3 is 15.2 Å². The number of anilines is 2. The molecule has 1 aromatic carbocycles. The summed E-state index contributed by atoms with van der Waals surface area (Å²) in [6.07, 6.45) is 13.1. The fourth-order valence-corrected chi connectivity index (χ4v) is 5.36. The zero-order valence-electron chi connectivity index (χ0n) is 21.5. The molecule has 0 radical (unpaired) electrons. The molecule has 1 aliphatic rings. The van der Waals surface area contributed by atoms with Crippen LogP contribution in [0.5, 0.6) is 0 Å². The van der Waals surface area contributed by atoms with Gasteiger partial charge >= 0.3 is 0 Å². The van der Waals surface area contributed by atoms with Crippen molar-refractivity contribution < 1.29 is 0 Å². The summed E-state index contributed by atoms with van der Waals surface area (Å²) in [7, 11) is 0. The van der Waals surface area contributed by atoms with Gasteiger partial charge in [-0.05, 0) is 43.0 Å². The van der Waals surface area contributed by atoms with E-state index >= 15 is 0 Å². The van der Waals surface area contributed by atoms with E-state index in [2.05, 4.69) is 54.1 Å². The van der Waals surface area contributed by atoms with Crippen LogP contribution in [-0.2, 0) is 0 Å². The van der Waals surface area contributed by atoms with Gasteiger partial charge in [0.1, 0.15) is 5.69 Å². The number of benzene rings is 1. The van der Waals surface area contributed by atoms with Crippen molar-refractivity contribution in [1.29, 1.82) is 0 Å². The van der Waals surface area contributed by atoms with Gasteiger partial charge in [-0.1, -0.05) is 36.9 Å². The second-order valence-corrected chi connectivity index (χ2v) is 9.97. The Kier molecular flexibility index (Phi) is 5.77. The molecule has 6 aromatic rings. The molecule has 39 heavy (non-hydrogen) atoms. The molecule has 1 aliphatic heterocycles. The summed E-state index contributed by atoms with van der Waals surface area (Å²) in [6, 6.07) is 16.3. The number of pyridine rings is 3. The molecule has 1 fully saturated rings. The summed E-state index contributed by atoms with van der Waals surface area (Å²) in [5, 5.41) is 13.3. The number of fused-ring (bicyclic) bond motifs is 2. The third-order valence-electron chi connectivity index (χ3n) is 7.38. The topological polar surface area (TPSA) is 98.4 Å². The molecule has 0 spiro atoms. The minimum Gasteiger partial charge on any atom is -0.370 e. The summed E-state index contributed by atoms with van der Waals surface area (Å²) >= 11 is 0. The fraction of sp³-hybridized carbons (Fsp3) is 0.161. The Labute approximate surface area is 225 Å². The van der Waals surface area contributed by atoms with Crippen LogP contribution in [-0.4, -0.2) is 43.2 Å². The molecular formula is C31H28N8. The number of aromatic amines is 2. The Bertz CT molecular complexity index is 1790. The first-order valence-corrected chi connectivity index (χ1v) is 13.3. The first-order valence-electron chi connectivity index (χ1n) is 13.3. The van der Waals surface area contributed by atoms with Crippen LogP contribution in [0.15, 0.2) is 86.1 Å². The van der Waals surface area contributed by atoms with Crippen molar-refractivity contribution in [2.75, 3.05) is 23.3 Å². The van der Waals surface area contributed by atoms with Crippen LogP contribution in [0.3, 0.4) is 0 Å². The SMILES string of the molecule is C=C(Nc1cncc(-c2cc3c(-c4cc5c(N6CCCCC6)cncc5[nH]4)n[nH]c3cn2)c1)c1ccccc1. The lowest BCUT2D eigenvalue weighted by molar-refractivity contribution is 0.578. The second kappa shape index (κ2) is 9.72. The summed E-state index contributed by atoms with van der Waals surface area (Å²) in [6.45, 7) is 6.32. The third kappa shape index (κ3) is 4.40. The Hall–Kier alpha value is -4.98. The number of nitrogens with zero attached hydrogens (tertiary/aromatic N) is 5. The highest BCUT2D eigenvalue weighted by atomic mass is 15.1. The van der Waals surface area contributed by atoms with Crippen molar-refractivity contribution in [2.24, 2.45) is 0 Å². The van der Waals surface area contributed by atoms with Crippen LogP contribution in [0.2, 0.25) is 0 Å². The minimum atomic E-state index is 0.812. The van der Waals surface area contributed by atoms with E-state index in [1.165, 1.54) is 30.3 Å². The minimum absolute atomic E-state index is 0.812. The van der Waals surface area contributed by atoms with E-state index in [-0.39, 0.29) is 0 Å². The Balaban J connectivity index is 1.22. The Morgan fingerprint density at radius 2 is 1.69 bits per heavy atom. The van der Waals surface area contributed by atoms with E-state index in [0.717, 1.165) is 69.1 Å². The van der Waals surface area contributed by atoms with Crippen molar-refractivity contribution in [3.05, 3.63) is 91.7 Å². The number of H-pyrrole nitrogens is 2. The van der Waals surface area contributed by atoms with Crippen molar-refractivity contribution >= 4 is 38.9 Å². The van der Waals surface area contributed by atoms with Crippen LogP contribution in [0.25, 0.3) is 50.1 Å². The summed E-state index contributed by atoms with van der Waals surface area (Å²) in [5.74, 6) is 0. The summed E-state index contributed by atoms with van der Waals surface area (Å²) in [4.78, 5) is 19.7. The molecule has 8 nitrogen and oxygen atoms in total. The van der Waals surface area contributed by atoms with Crippen molar-refractivity contribution in [3.8, 4) is 22.6 Å². The molecule has 0 aliphatic carbocycles.